The van der Waals surface area contributed by atoms with Gasteiger partial charge in [0.2, 0.25) is 11.5 Å². The molecule has 0 saturated heterocycles. The Morgan fingerprint density at radius 2 is 2.26 bits per heavy atom. The fraction of sp³-hybridized carbons (Fsp3) is 0.385. The minimum Gasteiger partial charge on any atom is -0.616 e. The molecule has 0 spiro atoms. The van der Waals surface area contributed by atoms with Crippen LogP contribution in [0, 0.1) is 5.21 Å². The first-order valence-corrected chi connectivity index (χ1v) is 5.93. The summed E-state index contributed by atoms with van der Waals surface area (Å²) >= 11 is 0. The van der Waals surface area contributed by atoms with Crippen LogP contribution in [0.2, 0.25) is 0 Å². The Kier molecular flexibility index (Phi) is 3.59. The number of aromatic nitrogens is 1. The lowest BCUT2D eigenvalue weighted by atomic mass is 10.3. The molecule has 6 nitrogen and oxygen atoms in total. The Bertz CT molecular complexity index is 606. The van der Waals surface area contributed by atoms with E-state index in [2.05, 4.69) is 0 Å². The van der Waals surface area contributed by atoms with Crippen molar-refractivity contribution < 1.29 is 18.7 Å². The van der Waals surface area contributed by atoms with E-state index in [1.54, 1.807) is 32.4 Å². The van der Waals surface area contributed by atoms with Crippen LogP contribution in [0.4, 0.5) is 0 Å². The van der Waals surface area contributed by atoms with Gasteiger partial charge in [0, 0.05) is 32.6 Å². The Morgan fingerprint density at radius 1 is 1.53 bits per heavy atom. The number of hydrogen-bond donors (Lipinski definition) is 0. The molecule has 1 aromatic heterocycles. The normalized spacial score (nSPS) is 10.7. The van der Waals surface area contributed by atoms with Crippen LogP contribution in [-0.4, -0.2) is 31.5 Å². The zero-order valence-electron chi connectivity index (χ0n) is 11.2. The van der Waals surface area contributed by atoms with E-state index < -0.39 is 0 Å². The van der Waals surface area contributed by atoms with Crippen molar-refractivity contribution in [3.05, 3.63) is 29.3 Å². The molecule has 2 rings (SSSR count). The quantitative estimate of drug-likeness (QED) is 0.612. The molecule has 0 bridgehead atoms. The van der Waals surface area contributed by atoms with Crippen LogP contribution in [0.15, 0.2) is 22.6 Å². The molecule has 0 N–H and O–H groups in total. The lowest BCUT2D eigenvalue weighted by molar-refractivity contribution is -0.592. The Hall–Kier alpha value is -2.24. The number of rotatable bonds is 4. The summed E-state index contributed by atoms with van der Waals surface area (Å²) in [6.07, 6.45) is 0.372. The number of methoxy groups -OCH3 is 1. The van der Waals surface area contributed by atoms with Crippen molar-refractivity contribution in [1.82, 2.24) is 4.90 Å². The summed E-state index contributed by atoms with van der Waals surface area (Å²) in [5.74, 6) is 0.876. The second-order valence-electron chi connectivity index (χ2n) is 4.31. The van der Waals surface area contributed by atoms with Gasteiger partial charge in [-0.05, 0) is 6.07 Å². The van der Waals surface area contributed by atoms with Gasteiger partial charge in [-0.25, -0.2) is 0 Å². The fourth-order valence-corrected chi connectivity index (χ4v) is 1.75. The van der Waals surface area contributed by atoms with Gasteiger partial charge in [0.05, 0.1) is 13.5 Å². The molecule has 0 saturated carbocycles. The lowest BCUT2D eigenvalue weighted by Gasteiger charge is -2.12. The maximum atomic E-state index is 12.0. The van der Waals surface area contributed by atoms with Crippen LogP contribution in [0.25, 0.3) is 11.1 Å². The van der Waals surface area contributed by atoms with Crippen LogP contribution in [0.3, 0.4) is 0 Å². The van der Waals surface area contributed by atoms with E-state index in [0.717, 1.165) is 4.73 Å². The third-order valence-electron chi connectivity index (χ3n) is 3.04. The Labute approximate surface area is 110 Å². The van der Waals surface area contributed by atoms with Gasteiger partial charge in [-0.15, -0.1) is 4.73 Å². The SMILES string of the molecule is COc1ccc2c(c1)oc(CCN(C)C(C)=O)[n+]2[O-]. The molecule has 0 atom stereocenters. The molecule has 102 valence electrons. The molecule has 0 fully saturated rings. The van der Waals surface area contributed by atoms with Crippen molar-refractivity contribution in [3.63, 3.8) is 0 Å². The van der Waals surface area contributed by atoms with Crippen molar-refractivity contribution in [2.75, 3.05) is 20.7 Å². The van der Waals surface area contributed by atoms with Gasteiger partial charge in [0.25, 0.3) is 5.52 Å². The second-order valence-corrected chi connectivity index (χ2v) is 4.31. The monoisotopic (exact) mass is 264 g/mol. The van der Waals surface area contributed by atoms with Crippen LogP contribution in [-0.2, 0) is 11.2 Å². The summed E-state index contributed by atoms with van der Waals surface area (Å²) < 4.78 is 11.3. The van der Waals surface area contributed by atoms with Crippen molar-refractivity contribution in [2.45, 2.75) is 13.3 Å². The molecular weight excluding hydrogens is 248 g/mol. The van der Waals surface area contributed by atoms with E-state index >= 15 is 0 Å². The van der Waals surface area contributed by atoms with Gasteiger partial charge >= 0.3 is 5.89 Å². The largest absolute Gasteiger partial charge is 0.616 e. The minimum atomic E-state index is -0.0461. The predicted molar refractivity (Wildman–Crippen MR) is 68.7 cm³/mol. The van der Waals surface area contributed by atoms with E-state index in [1.807, 2.05) is 0 Å². The first-order valence-electron chi connectivity index (χ1n) is 5.93. The van der Waals surface area contributed by atoms with Gasteiger partial charge in [-0.1, -0.05) is 0 Å². The van der Waals surface area contributed by atoms with Crippen LogP contribution < -0.4 is 9.47 Å². The summed E-state index contributed by atoms with van der Waals surface area (Å²) in [7, 11) is 3.24. The molecule has 1 aromatic carbocycles. The molecular formula is C13H16N2O4. The van der Waals surface area contributed by atoms with Gasteiger partial charge in [-0.2, -0.15) is 0 Å². The summed E-state index contributed by atoms with van der Waals surface area (Å²) in [6, 6.07) is 5.03. The summed E-state index contributed by atoms with van der Waals surface area (Å²) in [6.45, 7) is 1.92. The molecule has 0 unspecified atom stereocenters. The van der Waals surface area contributed by atoms with Crippen LogP contribution >= 0.6 is 0 Å². The molecule has 19 heavy (non-hydrogen) atoms. The zero-order valence-corrected chi connectivity index (χ0v) is 11.2. The smallest absolute Gasteiger partial charge is 0.361 e. The maximum Gasteiger partial charge on any atom is 0.361 e. The van der Waals surface area contributed by atoms with Crippen LogP contribution in [0.1, 0.15) is 12.8 Å². The number of amides is 1. The number of hydrogen-bond acceptors (Lipinski definition) is 4. The average Bonchev–Trinajstić information content (AvgIpc) is 2.72. The highest BCUT2D eigenvalue weighted by atomic mass is 16.5. The number of likely N-dealkylation sites (N-methyl/N-ethyl adjacent to an activating group) is 1. The minimum absolute atomic E-state index is 0.0461. The van der Waals surface area contributed by atoms with Crippen molar-refractivity contribution in [3.8, 4) is 5.75 Å². The molecule has 0 radical (unpaired) electrons. The molecule has 1 heterocycles. The molecule has 0 aliphatic carbocycles. The summed E-state index contributed by atoms with van der Waals surface area (Å²) in [5.41, 5.74) is 0.941. The van der Waals surface area contributed by atoms with E-state index in [9.17, 15) is 10.0 Å². The molecule has 1 amide bonds. The van der Waals surface area contributed by atoms with Crippen molar-refractivity contribution in [2.24, 2.45) is 0 Å². The zero-order chi connectivity index (χ0) is 14.0. The number of fused-ring (bicyclic) bond motifs is 1. The number of oxazole rings is 1. The second kappa shape index (κ2) is 5.17. The maximum absolute atomic E-state index is 12.0. The van der Waals surface area contributed by atoms with Gasteiger partial charge < -0.3 is 19.3 Å². The van der Waals surface area contributed by atoms with Crippen molar-refractivity contribution in [1.29, 1.82) is 0 Å². The number of ether oxygens (including phenoxy) is 1. The highest BCUT2D eigenvalue weighted by Crippen LogP contribution is 2.20. The highest BCUT2D eigenvalue weighted by molar-refractivity contribution is 5.73. The van der Waals surface area contributed by atoms with Crippen molar-refractivity contribution >= 4 is 17.0 Å². The van der Waals surface area contributed by atoms with E-state index in [4.69, 9.17) is 9.15 Å². The first kappa shape index (κ1) is 13.2. The third-order valence-corrected chi connectivity index (χ3v) is 3.04. The first-order chi connectivity index (χ1) is 9.02. The lowest BCUT2D eigenvalue weighted by Crippen LogP contribution is -2.33. The highest BCUT2D eigenvalue weighted by Gasteiger charge is 2.19. The average molecular weight is 264 g/mol. The number of carbonyl (C=O) groups is 1. The molecule has 0 aliphatic heterocycles. The summed E-state index contributed by atoms with van der Waals surface area (Å²) in [5, 5.41) is 12.0. The van der Waals surface area contributed by atoms with E-state index in [0.29, 0.717) is 29.8 Å². The van der Waals surface area contributed by atoms with E-state index in [1.165, 1.54) is 11.8 Å². The Balaban J connectivity index is 2.24. The van der Waals surface area contributed by atoms with Crippen LogP contribution in [0.5, 0.6) is 5.75 Å². The van der Waals surface area contributed by atoms with Gasteiger partial charge in [0.1, 0.15) is 5.75 Å². The standard InChI is InChI=1S/C13H16N2O4/c1-9(16)14(2)7-6-13-15(17)11-5-4-10(18-3)8-12(11)19-13/h4-5,8H,6-7H2,1-3H3. The topological polar surface area (TPSA) is 69.6 Å². The third kappa shape index (κ3) is 2.62. The molecule has 6 heteroatoms. The summed E-state index contributed by atoms with van der Waals surface area (Å²) in [4.78, 5) is 12.6. The Morgan fingerprint density at radius 3 is 2.89 bits per heavy atom. The number of benzene rings is 1. The van der Waals surface area contributed by atoms with Gasteiger partial charge in [-0.3, -0.25) is 4.79 Å². The van der Waals surface area contributed by atoms with E-state index in [-0.39, 0.29) is 11.8 Å². The van der Waals surface area contributed by atoms with Gasteiger partial charge in [0.15, 0.2) is 0 Å². The fourth-order valence-electron chi connectivity index (χ4n) is 1.75. The molecule has 2 aromatic rings. The number of nitrogens with zero attached hydrogens (tertiary/aromatic N) is 2. The molecule has 0 aliphatic rings. The predicted octanol–water partition coefficient (Wildman–Crippen LogP) is 1.10. The number of carbonyl (C=O) groups excluding carboxylic acids is 1.